The standard InChI is InChI=1S/C2H5O4PS/c1-8-2(3)7(4,5)6/h1H3,(H2,4,5,6). The van der Waals surface area contributed by atoms with Gasteiger partial charge in [0.05, 0.1) is 0 Å². The molecule has 0 saturated carbocycles. The number of carbonyl (C=O) groups excluding carboxylic acids is 1. The van der Waals surface area contributed by atoms with E-state index < -0.39 is 12.5 Å². The van der Waals surface area contributed by atoms with Gasteiger partial charge < -0.3 is 9.79 Å². The van der Waals surface area contributed by atoms with E-state index in [1.54, 1.807) is 0 Å². The van der Waals surface area contributed by atoms with E-state index in [1.807, 2.05) is 0 Å². The highest BCUT2D eigenvalue weighted by molar-refractivity contribution is 8.24. The first-order chi connectivity index (χ1) is 3.48. The quantitative estimate of drug-likeness (QED) is 0.545. The van der Waals surface area contributed by atoms with Gasteiger partial charge in [0.15, 0.2) is 0 Å². The zero-order chi connectivity index (χ0) is 6.78. The average molecular weight is 156 g/mol. The smallest absolute Gasteiger partial charge is 0.318 e. The Bertz CT molecular complexity index is 137. The van der Waals surface area contributed by atoms with Crippen LogP contribution in [0.3, 0.4) is 0 Å². The lowest BCUT2D eigenvalue weighted by Gasteiger charge is -1.95. The normalized spacial score (nSPS) is 11.4. The first-order valence-electron chi connectivity index (χ1n) is 1.62. The van der Waals surface area contributed by atoms with Gasteiger partial charge in [-0.25, -0.2) is 0 Å². The third-order valence-electron chi connectivity index (χ3n) is 0.412. The van der Waals surface area contributed by atoms with E-state index in [0.717, 1.165) is 0 Å². The van der Waals surface area contributed by atoms with Gasteiger partial charge >= 0.3 is 7.60 Å². The third kappa shape index (κ3) is 2.47. The SMILES string of the molecule is CSC(=O)P(=O)(O)O. The summed E-state index contributed by atoms with van der Waals surface area (Å²) in [6.07, 6.45) is 1.32. The summed E-state index contributed by atoms with van der Waals surface area (Å²) in [6, 6.07) is 0. The van der Waals surface area contributed by atoms with Gasteiger partial charge in [-0.1, -0.05) is 11.8 Å². The van der Waals surface area contributed by atoms with Crippen molar-refractivity contribution in [3.05, 3.63) is 0 Å². The van der Waals surface area contributed by atoms with Gasteiger partial charge in [0.1, 0.15) is 0 Å². The van der Waals surface area contributed by atoms with E-state index in [0.29, 0.717) is 11.8 Å². The molecular weight excluding hydrogens is 151 g/mol. The van der Waals surface area contributed by atoms with Crippen LogP contribution < -0.4 is 0 Å². The van der Waals surface area contributed by atoms with Crippen molar-refractivity contribution in [1.82, 2.24) is 0 Å². The van der Waals surface area contributed by atoms with Crippen molar-refractivity contribution >= 4 is 24.2 Å². The van der Waals surface area contributed by atoms with E-state index in [2.05, 4.69) is 0 Å². The predicted octanol–water partition coefficient (Wildman–Crippen LogP) is 0.647. The number of hydrogen-bond donors (Lipinski definition) is 2. The van der Waals surface area contributed by atoms with Crippen LogP contribution in [-0.4, -0.2) is 20.9 Å². The molecule has 0 radical (unpaired) electrons. The van der Waals surface area contributed by atoms with E-state index >= 15 is 0 Å². The summed E-state index contributed by atoms with van der Waals surface area (Å²) in [7, 11) is -4.43. The Morgan fingerprint density at radius 2 is 2.00 bits per heavy atom. The highest BCUT2D eigenvalue weighted by atomic mass is 32.2. The van der Waals surface area contributed by atoms with Crippen molar-refractivity contribution in [3.8, 4) is 0 Å². The average Bonchev–Trinajstić information content (AvgIpc) is 1.62. The molecule has 0 aliphatic rings. The maximum atomic E-state index is 10.0. The molecule has 0 spiro atoms. The van der Waals surface area contributed by atoms with Gasteiger partial charge in [0.2, 0.25) is 0 Å². The minimum absolute atomic E-state index is 0.530. The molecule has 0 saturated heterocycles. The molecule has 0 fully saturated rings. The molecule has 0 heterocycles. The summed E-state index contributed by atoms with van der Waals surface area (Å²) in [5.41, 5.74) is 0. The summed E-state index contributed by atoms with van der Waals surface area (Å²) < 4.78 is 9.89. The molecule has 0 rings (SSSR count). The third-order valence-corrected chi connectivity index (χ3v) is 2.50. The second-order valence-corrected chi connectivity index (χ2v) is 3.59. The molecule has 48 valence electrons. The topological polar surface area (TPSA) is 74.6 Å². The molecule has 0 amide bonds. The largest absolute Gasteiger partial charge is 0.402 e. The first-order valence-corrected chi connectivity index (χ1v) is 4.46. The van der Waals surface area contributed by atoms with Crippen LogP contribution in [0.5, 0.6) is 0 Å². The second kappa shape index (κ2) is 2.64. The fraction of sp³-hybridized carbons (Fsp3) is 0.500. The molecule has 0 aliphatic carbocycles. The molecule has 0 bridgehead atoms. The predicted molar refractivity (Wildman–Crippen MR) is 31.0 cm³/mol. The number of carbonyl (C=O) groups is 1. The summed E-state index contributed by atoms with van der Waals surface area (Å²) >= 11 is 0.530. The molecule has 0 atom stereocenters. The zero-order valence-corrected chi connectivity index (χ0v) is 5.78. The minimum Gasteiger partial charge on any atom is -0.318 e. The fourth-order valence-electron chi connectivity index (χ4n) is 0.119. The van der Waals surface area contributed by atoms with Gasteiger partial charge in [-0.3, -0.25) is 9.36 Å². The van der Waals surface area contributed by atoms with E-state index in [4.69, 9.17) is 9.79 Å². The highest BCUT2D eigenvalue weighted by Crippen LogP contribution is 2.40. The molecule has 0 aromatic rings. The minimum atomic E-state index is -4.43. The van der Waals surface area contributed by atoms with Crippen LogP contribution in [-0.2, 0) is 4.57 Å². The molecular formula is C2H5O4PS. The first kappa shape index (κ1) is 8.17. The maximum Gasteiger partial charge on any atom is 0.402 e. The van der Waals surface area contributed by atoms with Crippen molar-refractivity contribution < 1.29 is 19.1 Å². The van der Waals surface area contributed by atoms with E-state index in [1.165, 1.54) is 6.26 Å². The highest BCUT2D eigenvalue weighted by Gasteiger charge is 2.23. The molecule has 0 unspecified atom stereocenters. The Kier molecular flexibility index (Phi) is 2.70. The van der Waals surface area contributed by atoms with Gasteiger partial charge in [-0.15, -0.1) is 0 Å². The van der Waals surface area contributed by atoms with Gasteiger partial charge in [0.25, 0.3) is 4.86 Å². The Hall–Kier alpha value is 0.170. The Morgan fingerprint density at radius 1 is 1.62 bits per heavy atom. The number of thioether (sulfide) groups is 1. The number of hydrogen-bond acceptors (Lipinski definition) is 3. The van der Waals surface area contributed by atoms with Crippen LogP contribution in [0.4, 0.5) is 4.79 Å². The Morgan fingerprint density at radius 3 is 2.00 bits per heavy atom. The van der Waals surface area contributed by atoms with Gasteiger partial charge in [-0.05, 0) is 6.26 Å². The molecule has 8 heavy (non-hydrogen) atoms. The molecule has 0 aromatic heterocycles. The Labute approximate surface area is 50.4 Å². The molecule has 6 heteroatoms. The van der Waals surface area contributed by atoms with Crippen molar-refractivity contribution in [1.29, 1.82) is 0 Å². The van der Waals surface area contributed by atoms with Crippen LogP contribution in [0.2, 0.25) is 0 Å². The Balaban J connectivity index is 4.04. The van der Waals surface area contributed by atoms with Crippen LogP contribution in [0.25, 0.3) is 0 Å². The van der Waals surface area contributed by atoms with Crippen molar-refractivity contribution in [3.63, 3.8) is 0 Å². The van der Waals surface area contributed by atoms with Crippen LogP contribution in [0.1, 0.15) is 0 Å². The maximum absolute atomic E-state index is 10.0. The van der Waals surface area contributed by atoms with Gasteiger partial charge in [0, 0.05) is 0 Å². The second-order valence-electron chi connectivity index (χ2n) is 1.01. The van der Waals surface area contributed by atoms with Crippen LogP contribution in [0, 0.1) is 0 Å². The lowest BCUT2D eigenvalue weighted by Crippen LogP contribution is -1.86. The van der Waals surface area contributed by atoms with Crippen LogP contribution in [0.15, 0.2) is 0 Å². The molecule has 2 N–H and O–H groups in total. The van der Waals surface area contributed by atoms with Crippen molar-refractivity contribution in [2.75, 3.05) is 6.26 Å². The molecule has 4 nitrogen and oxygen atoms in total. The summed E-state index contributed by atoms with van der Waals surface area (Å²) in [4.78, 5) is 25.0. The number of rotatable bonds is 1. The van der Waals surface area contributed by atoms with Gasteiger partial charge in [-0.2, -0.15) is 0 Å². The monoisotopic (exact) mass is 156 g/mol. The van der Waals surface area contributed by atoms with E-state index in [9.17, 15) is 9.36 Å². The summed E-state index contributed by atoms with van der Waals surface area (Å²) in [5, 5.41) is 0. The fourth-order valence-corrected chi connectivity index (χ4v) is 1.07. The van der Waals surface area contributed by atoms with Crippen LogP contribution >= 0.6 is 19.4 Å². The lowest BCUT2D eigenvalue weighted by atomic mass is 11.8. The summed E-state index contributed by atoms with van der Waals surface area (Å²) in [5.74, 6) is 0. The molecule has 0 aliphatic heterocycles. The zero-order valence-electron chi connectivity index (χ0n) is 4.07. The van der Waals surface area contributed by atoms with E-state index in [-0.39, 0.29) is 0 Å². The van der Waals surface area contributed by atoms with Crippen molar-refractivity contribution in [2.45, 2.75) is 0 Å². The lowest BCUT2D eigenvalue weighted by molar-refractivity contribution is 0.266. The molecule has 0 aromatic carbocycles. The van der Waals surface area contributed by atoms with Crippen molar-refractivity contribution in [2.24, 2.45) is 0 Å². The summed E-state index contributed by atoms with van der Waals surface area (Å²) in [6.45, 7) is 0.